The van der Waals surface area contributed by atoms with Crippen molar-refractivity contribution in [2.75, 3.05) is 20.3 Å². The standard InChI is InChI=1S/C18H17F3N2O5/c1-3-27-15(24)10-28-16-11(5-4-6-13(16)26-2)7-8-12-9-14(18(19,20)21)23-17(25)22-12/h4-9H,3,10H2,1-2H3,(H,22,23,25)/b8-7-. The maximum absolute atomic E-state index is 12.8. The fraction of sp³-hybridized carbons (Fsp3) is 0.278. The normalized spacial score (nSPS) is 11.5. The molecular weight excluding hydrogens is 381 g/mol. The number of nitrogens with zero attached hydrogens (tertiary/aromatic N) is 1. The van der Waals surface area contributed by atoms with Gasteiger partial charge in [-0.2, -0.15) is 18.2 Å². The quantitative estimate of drug-likeness (QED) is 0.722. The second kappa shape index (κ2) is 9.07. The van der Waals surface area contributed by atoms with Gasteiger partial charge in [0.15, 0.2) is 18.1 Å². The Bertz CT molecular complexity index is 922. The van der Waals surface area contributed by atoms with Crippen molar-refractivity contribution in [1.82, 2.24) is 9.97 Å². The van der Waals surface area contributed by atoms with E-state index in [4.69, 9.17) is 14.2 Å². The second-order valence-corrected chi connectivity index (χ2v) is 5.33. The van der Waals surface area contributed by atoms with E-state index in [2.05, 4.69) is 4.98 Å². The molecule has 2 aromatic rings. The number of esters is 1. The minimum Gasteiger partial charge on any atom is -0.493 e. The van der Waals surface area contributed by atoms with Crippen molar-refractivity contribution < 1.29 is 32.2 Å². The number of para-hydroxylation sites is 1. The molecule has 1 heterocycles. The van der Waals surface area contributed by atoms with E-state index in [0.29, 0.717) is 17.4 Å². The number of H-pyrrole nitrogens is 1. The van der Waals surface area contributed by atoms with E-state index in [9.17, 15) is 22.8 Å². The number of nitrogens with one attached hydrogen (secondary N) is 1. The Morgan fingerprint density at radius 1 is 1.29 bits per heavy atom. The number of halogens is 3. The van der Waals surface area contributed by atoms with E-state index in [1.54, 1.807) is 30.1 Å². The van der Waals surface area contributed by atoms with Gasteiger partial charge in [-0.05, 0) is 31.2 Å². The lowest BCUT2D eigenvalue weighted by Crippen LogP contribution is -2.19. The molecule has 0 bridgehead atoms. The number of carbonyl (C=O) groups excluding carboxylic acids is 1. The first-order valence-electron chi connectivity index (χ1n) is 8.06. The molecule has 10 heteroatoms. The summed E-state index contributed by atoms with van der Waals surface area (Å²) in [7, 11) is 1.40. The summed E-state index contributed by atoms with van der Waals surface area (Å²) in [6.45, 7) is 1.46. The summed E-state index contributed by atoms with van der Waals surface area (Å²) in [4.78, 5) is 28.0. The molecule has 0 unspecified atom stereocenters. The Morgan fingerprint density at radius 2 is 2.04 bits per heavy atom. The number of benzene rings is 1. The number of hydrogen-bond donors (Lipinski definition) is 1. The van der Waals surface area contributed by atoms with Crippen molar-refractivity contribution in [3.05, 3.63) is 51.7 Å². The van der Waals surface area contributed by atoms with Gasteiger partial charge in [-0.1, -0.05) is 12.1 Å². The van der Waals surface area contributed by atoms with Gasteiger partial charge in [0, 0.05) is 5.56 Å². The number of alkyl halides is 3. The molecule has 2 rings (SSSR count). The maximum Gasteiger partial charge on any atom is 0.431 e. The van der Waals surface area contributed by atoms with Gasteiger partial charge < -0.3 is 19.2 Å². The minimum absolute atomic E-state index is 0.190. The van der Waals surface area contributed by atoms with Gasteiger partial charge in [0.05, 0.1) is 19.4 Å². The molecule has 28 heavy (non-hydrogen) atoms. The van der Waals surface area contributed by atoms with Gasteiger partial charge >= 0.3 is 17.8 Å². The van der Waals surface area contributed by atoms with Crippen LogP contribution >= 0.6 is 0 Å². The Morgan fingerprint density at radius 3 is 2.68 bits per heavy atom. The topological polar surface area (TPSA) is 90.5 Å². The summed E-state index contributed by atoms with van der Waals surface area (Å²) in [6, 6.07) is 5.52. The highest BCUT2D eigenvalue weighted by Crippen LogP contribution is 2.32. The molecule has 0 aliphatic heterocycles. The van der Waals surface area contributed by atoms with Gasteiger partial charge in [0.25, 0.3) is 0 Å². The number of ether oxygens (including phenoxy) is 3. The molecule has 0 saturated heterocycles. The maximum atomic E-state index is 12.8. The van der Waals surface area contributed by atoms with Gasteiger partial charge in [0.2, 0.25) is 0 Å². The number of aromatic nitrogens is 2. The zero-order valence-corrected chi connectivity index (χ0v) is 15.0. The molecule has 0 amide bonds. The van der Waals surface area contributed by atoms with E-state index in [-0.39, 0.29) is 24.7 Å². The monoisotopic (exact) mass is 398 g/mol. The molecule has 1 N–H and O–H groups in total. The van der Waals surface area contributed by atoms with Crippen LogP contribution in [-0.2, 0) is 15.7 Å². The van der Waals surface area contributed by atoms with Gasteiger partial charge in [-0.15, -0.1) is 0 Å². The second-order valence-electron chi connectivity index (χ2n) is 5.33. The summed E-state index contributed by atoms with van der Waals surface area (Å²) < 4.78 is 53.8. The van der Waals surface area contributed by atoms with E-state index < -0.39 is 23.5 Å². The summed E-state index contributed by atoms with van der Waals surface area (Å²) >= 11 is 0. The van der Waals surface area contributed by atoms with Gasteiger partial charge in [0.1, 0.15) is 5.69 Å². The fourth-order valence-corrected chi connectivity index (χ4v) is 2.20. The summed E-state index contributed by atoms with van der Waals surface area (Å²) in [6.07, 6.45) is -2.10. The largest absolute Gasteiger partial charge is 0.493 e. The number of carbonyl (C=O) groups is 1. The summed E-state index contributed by atoms with van der Waals surface area (Å²) in [5.41, 5.74) is -2.13. The first-order valence-corrected chi connectivity index (χ1v) is 8.06. The van der Waals surface area contributed by atoms with Crippen LogP contribution in [0.5, 0.6) is 11.5 Å². The third-order valence-corrected chi connectivity index (χ3v) is 3.37. The zero-order valence-electron chi connectivity index (χ0n) is 15.0. The average Bonchev–Trinajstić information content (AvgIpc) is 2.63. The lowest BCUT2D eigenvalue weighted by Gasteiger charge is -2.13. The van der Waals surface area contributed by atoms with E-state index in [1.165, 1.54) is 19.3 Å². The van der Waals surface area contributed by atoms with Crippen LogP contribution in [0.2, 0.25) is 0 Å². The number of hydrogen-bond acceptors (Lipinski definition) is 6. The Balaban J connectivity index is 2.34. The number of methoxy groups -OCH3 is 1. The lowest BCUT2D eigenvalue weighted by molar-refractivity contribution is -0.145. The molecule has 0 aliphatic rings. The van der Waals surface area contributed by atoms with Crippen molar-refractivity contribution in [2.45, 2.75) is 13.1 Å². The predicted octanol–water partition coefficient (Wildman–Crippen LogP) is 2.91. The molecule has 1 aromatic carbocycles. The zero-order chi connectivity index (χ0) is 20.7. The third-order valence-electron chi connectivity index (χ3n) is 3.37. The molecule has 150 valence electrons. The van der Waals surface area contributed by atoms with Gasteiger partial charge in [-0.3, -0.25) is 0 Å². The van der Waals surface area contributed by atoms with Crippen molar-refractivity contribution in [1.29, 1.82) is 0 Å². The van der Waals surface area contributed by atoms with Crippen molar-refractivity contribution >= 4 is 18.1 Å². The summed E-state index contributed by atoms with van der Waals surface area (Å²) in [5, 5.41) is 0. The minimum atomic E-state index is -4.71. The highest BCUT2D eigenvalue weighted by atomic mass is 19.4. The predicted molar refractivity (Wildman–Crippen MR) is 93.9 cm³/mol. The number of rotatable bonds is 7. The smallest absolute Gasteiger partial charge is 0.431 e. The van der Waals surface area contributed by atoms with E-state index in [1.807, 2.05) is 0 Å². The van der Waals surface area contributed by atoms with Crippen LogP contribution in [-0.4, -0.2) is 36.3 Å². The van der Waals surface area contributed by atoms with Crippen LogP contribution < -0.4 is 15.2 Å². The Hall–Kier alpha value is -3.30. The SMILES string of the molecule is CCOC(=O)COc1c(/C=C\c2cc(C(F)(F)F)[nH]c(=O)n2)cccc1OC. The van der Waals surface area contributed by atoms with Crippen molar-refractivity contribution in [3.8, 4) is 11.5 Å². The lowest BCUT2D eigenvalue weighted by atomic mass is 10.1. The molecule has 0 spiro atoms. The molecule has 0 radical (unpaired) electrons. The fourth-order valence-electron chi connectivity index (χ4n) is 2.20. The molecule has 0 atom stereocenters. The van der Waals surface area contributed by atoms with Gasteiger partial charge in [-0.25, -0.2) is 9.59 Å². The highest BCUT2D eigenvalue weighted by Gasteiger charge is 2.32. The number of aromatic amines is 1. The van der Waals surface area contributed by atoms with E-state index >= 15 is 0 Å². The van der Waals surface area contributed by atoms with Crippen molar-refractivity contribution in [3.63, 3.8) is 0 Å². The summed E-state index contributed by atoms with van der Waals surface area (Å²) in [5.74, 6) is -0.0918. The third kappa shape index (κ3) is 5.60. The molecule has 0 aliphatic carbocycles. The first-order chi connectivity index (χ1) is 13.2. The highest BCUT2D eigenvalue weighted by molar-refractivity contribution is 5.75. The molecule has 0 saturated carbocycles. The van der Waals surface area contributed by atoms with Crippen molar-refractivity contribution in [2.24, 2.45) is 0 Å². The Labute approximate surface area is 157 Å². The Kier molecular flexibility index (Phi) is 6.80. The average molecular weight is 398 g/mol. The van der Waals surface area contributed by atoms with Crippen LogP contribution in [0.3, 0.4) is 0 Å². The van der Waals surface area contributed by atoms with Crippen LogP contribution in [0, 0.1) is 0 Å². The first kappa shape index (κ1) is 21.0. The molecule has 7 nitrogen and oxygen atoms in total. The van der Waals surface area contributed by atoms with Crippen LogP contribution in [0.1, 0.15) is 23.9 Å². The van der Waals surface area contributed by atoms with Crippen LogP contribution in [0.15, 0.2) is 29.1 Å². The molecular formula is C18H17F3N2O5. The molecule has 0 fully saturated rings. The molecule has 1 aromatic heterocycles. The van der Waals surface area contributed by atoms with Crippen LogP contribution in [0.25, 0.3) is 12.2 Å². The van der Waals surface area contributed by atoms with E-state index in [0.717, 1.165) is 0 Å². The van der Waals surface area contributed by atoms with Crippen LogP contribution in [0.4, 0.5) is 13.2 Å².